The van der Waals surface area contributed by atoms with Gasteiger partial charge < -0.3 is 14.0 Å². The molecule has 0 aliphatic carbocycles. The third-order valence-electron chi connectivity index (χ3n) is 3.46. The summed E-state index contributed by atoms with van der Waals surface area (Å²) in [5.41, 5.74) is 0.797. The van der Waals surface area contributed by atoms with Gasteiger partial charge in [-0.3, -0.25) is 0 Å². The second-order valence-electron chi connectivity index (χ2n) is 4.82. The van der Waals surface area contributed by atoms with Gasteiger partial charge in [0.15, 0.2) is 5.76 Å². The number of aliphatic hydroxyl groups is 1. The predicted octanol–water partition coefficient (Wildman–Crippen LogP) is 2.67. The van der Waals surface area contributed by atoms with E-state index in [9.17, 15) is 5.11 Å². The highest BCUT2D eigenvalue weighted by Gasteiger charge is 2.32. The van der Waals surface area contributed by atoms with Crippen LogP contribution in [0.1, 0.15) is 11.8 Å². The second kappa shape index (κ2) is 4.64. The van der Waals surface area contributed by atoms with Crippen LogP contribution >= 0.6 is 11.8 Å². The maximum Gasteiger partial charge on any atom is 0.238 e. The van der Waals surface area contributed by atoms with Gasteiger partial charge in [0.2, 0.25) is 11.7 Å². The van der Waals surface area contributed by atoms with Crippen molar-refractivity contribution in [2.45, 2.75) is 12.0 Å². The first-order chi connectivity index (χ1) is 9.81. The molecule has 0 amide bonds. The molecule has 1 aliphatic rings. The monoisotopic (exact) mass is 288 g/mol. The lowest BCUT2D eigenvalue weighted by Crippen LogP contribution is -2.15. The van der Waals surface area contributed by atoms with Crippen LogP contribution in [0.4, 0.5) is 0 Å². The smallest absolute Gasteiger partial charge is 0.238 e. The Hall–Kier alpha value is -1.79. The Morgan fingerprint density at radius 2 is 2.15 bits per heavy atom. The fraction of sp³-hybridized carbons (Fsp3) is 0.286. The van der Waals surface area contributed by atoms with Gasteiger partial charge in [-0.05, 0) is 12.1 Å². The molecule has 0 radical (unpaired) electrons. The number of aromatic nitrogens is 2. The van der Waals surface area contributed by atoms with Gasteiger partial charge in [-0.15, -0.1) is 0 Å². The van der Waals surface area contributed by atoms with Gasteiger partial charge in [0.05, 0.1) is 12.0 Å². The Balaban J connectivity index is 1.70. The molecule has 102 valence electrons. The zero-order chi connectivity index (χ0) is 13.5. The zero-order valence-corrected chi connectivity index (χ0v) is 11.3. The van der Waals surface area contributed by atoms with E-state index in [1.54, 1.807) is 11.8 Å². The fourth-order valence-corrected chi connectivity index (χ4v) is 3.59. The number of aliphatic hydroxyl groups excluding tert-OH is 1. The molecule has 1 aromatic carbocycles. The van der Waals surface area contributed by atoms with Crippen molar-refractivity contribution >= 4 is 22.7 Å². The van der Waals surface area contributed by atoms with Crippen molar-refractivity contribution in [2.24, 2.45) is 0 Å². The molecule has 6 heteroatoms. The molecule has 1 N–H and O–H groups in total. The maximum atomic E-state index is 9.86. The van der Waals surface area contributed by atoms with Crippen molar-refractivity contribution in [1.29, 1.82) is 0 Å². The summed E-state index contributed by atoms with van der Waals surface area (Å²) in [4.78, 5) is 4.36. The van der Waals surface area contributed by atoms with E-state index in [4.69, 9.17) is 8.94 Å². The van der Waals surface area contributed by atoms with Crippen LogP contribution in [0.3, 0.4) is 0 Å². The van der Waals surface area contributed by atoms with Crippen LogP contribution in [0.2, 0.25) is 0 Å². The number of thioether (sulfide) groups is 1. The predicted molar refractivity (Wildman–Crippen MR) is 75.6 cm³/mol. The molecule has 2 unspecified atom stereocenters. The van der Waals surface area contributed by atoms with Crippen molar-refractivity contribution in [1.82, 2.24) is 10.1 Å². The molecule has 20 heavy (non-hydrogen) atoms. The lowest BCUT2D eigenvalue weighted by atomic mass is 10.1. The maximum absolute atomic E-state index is 9.86. The summed E-state index contributed by atoms with van der Waals surface area (Å²) in [6, 6.07) is 9.64. The number of para-hydroxylation sites is 1. The summed E-state index contributed by atoms with van der Waals surface area (Å²) in [5.74, 6) is 2.95. The number of benzene rings is 1. The average molecular weight is 288 g/mol. The van der Waals surface area contributed by atoms with Gasteiger partial charge in [-0.1, -0.05) is 23.4 Å². The van der Waals surface area contributed by atoms with Crippen LogP contribution in [0.5, 0.6) is 0 Å². The quantitative estimate of drug-likeness (QED) is 0.781. The second-order valence-corrected chi connectivity index (χ2v) is 5.89. The lowest BCUT2D eigenvalue weighted by molar-refractivity contribution is 0.164. The van der Waals surface area contributed by atoms with Gasteiger partial charge >= 0.3 is 0 Å². The standard InChI is InChI=1S/C14H12N2O3S/c17-10-7-20-6-9(10)14-15-13(16-19-14)12-5-8-3-1-2-4-11(8)18-12/h1-5,9-10,17H,6-7H2. The van der Waals surface area contributed by atoms with Crippen molar-refractivity contribution in [2.75, 3.05) is 11.5 Å². The largest absolute Gasteiger partial charge is 0.453 e. The summed E-state index contributed by atoms with van der Waals surface area (Å²) >= 11 is 1.69. The van der Waals surface area contributed by atoms with E-state index in [0.717, 1.165) is 16.7 Å². The van der Waals surface area contributed by atoms with Crippen molar-refractivity contribution in [3.8, 4) is 11.6 Å². The first-order valence-corrected chi connectivity index (χ1v) is 7.55. The Morgan fingerprint density at radius 1 is 1.25 bits per heavy atom. The van der Waals surface area contributed by atoms with Gasteiger partial charge in [-0.2, -0.15) is 16.7 Å². The Labute approximate surface area is 119 Å². The summed E-state index contributed by atoms with van der Waals surface area (Å²) in [7, 11) is 0. The molecule has 2 atom stereocenters. The van der Waals surface area contributed by atoms with Crippen LogP contribution in [-0.2, 0) is 0 Å². The van der Waals surface area contributed by atoms with Crippen molar-refractivity contribution in [3.05, 3.63) is 36.2 Å². The molecule has 1 saturated heterocycles. The van der Waals surface area contributed by atoms with Crippen LogP contribution < -0.4 is 0 Å². The van der Waals surface area contributed by atoms with Crippen LogP contribution in [-0.4, -0.2) is 32.9 Å². The number of hydrogen-bond donors (Lipinski definition) is 1. The highest BCUT2D eigenvalue weighted by Crippen LogP contribution is 2.33. The molecule has 0 spiro atoms. The molecule has 0 saturated carbocycles. The molecular formula is C14H12N2O3S. The van der Waals surface area contributed by atoms with E-state index >= 15 is 0 Å². The van der Waals surface area contributed by atoms with Crippen LogP contribution in [0, 0.1) is 0 Å². The van der Waals surface area contributed by atoms with E-state index in [0.29, 0.717) is 23.2 Å². The van der Waals surface area contributed by atoms with Gasteiger partial charge in [-0.25, -0.2) is 0 Å². The van der Waals surface area contributed by atoms with Gasteiger partial charge in [0, 0.05) is 16.9 Å². The zero-order valence-electron chi connectivity index (χ0n) is 10.5. The minimum Gasteiger partial charge on any atom is -0.453 e. The van der Waals surface area contributed by atoms with Crippen LogP contribution in [0.25, 0.3) is 22.6 Å². The molecule has 1 fully saturated rings. The third kappa shape index (κ3) is 1.92. The topological polar surface area (TPSA) is 72.3 Å². The molecule has 3 aromatic rings. The SMILES string of the molecule is OC1CSCC1c1nc(-c2cc3ccccc3o2)no1. The molecule has 1 aliphatic heterocycles. The number of fused-ring (bicyclic) bond motifs is 1. The van der Waals surface area contributed by atoms with Crippen molar-refractivity contribution < 1.29 is 14.0 Å². The summed E-state index contributed by atoms with van der Waals surface area (Å²) in [6.07, 6.45) is -0.413. The summed E-state index contributed by atoms with van der Waals surface area (Å²) < 4.78 is 11.0. The molecule has 5 nitrogen and oxygen atoms in total. The first-order valence-electron chi connectivity index (χ1n) is 6.39. The molecule has 2 aromatic heterocycles. The number of rotatable bonds is 2. The Morgan fingerprint density at radius 3 is 2.95 bits per heavy atom. The Bertz CT molecular complexity index is 719. The molecule has 0 bridgehead atoms. The van der Waals surface area contributed by atoms with Crippen LogP contribution in [0.15, 0.2) is 39.3 Å². The highest BCUT2D eigenvalue weighted by atomic mass is 32.2. The highest BCUT2D eigenvalue weighted by molar-refractivity contribution is 7.99. The van der Waals surface area contributed by atoms with Crippen molar-refractivity contribution in [3.63, 3.8) is 0 Å². The third-order valence-corrected chi connectivity index (χ3v) is 4.63. The van der Waals surface area contributed by atoms with E-state index < -0.39 is 6.10 Å². The average Bonchev–Trinajstić information content (AvgIpc) is 3.15. The van der Waals surface area contributed by atoms with E-state index in [-0.39, 0.29) is 5.92 Å². The van der Waals surface area contributed by atoms with E-state index in [1.807, 2.05) is 30.3 Å². The minimum atomic E-state index is -0.413. The summed E-state index contributed by atoms with van der Waals surface area (Å²) in [6.45, 7) is 0. The number of nitrogens with zero attached hydrogens (tertiary/aromatic N) is 2. The normalized spacial score (nSPS) is 22.6. The minimum absolute atomic E-state index is 0.0781. The summed E-state index contributed by atoms with van der Waals surface area (Å²) in [5, 5.41) is 14.8. The van der Waals surface area contributed by atoms with E-state index in [1.165, 1.54) is 0 Å². The molecule has 3 heterocycles. The molecule has 4 rings (SSSR count). The number of furan rings is 1. The van der Waals surface area contributed by atoms with E-state index in [2.05, 4.69) is 10.1 Å². The molecular weight excluding hydrogens is 276 g/mol. The lowest BCUT2D eigenvalue weighted by Gasteiger charge is -2.06. The van der Waals surface area contributed by atoms with Gasteiger partial charge in [0.1, 0.15) is 5.58 Å². The fourth-order valence-electron chi connectivity index (χ4n) is 2.36. The first kappa shape index (κ1) is 12.0. The van der Waals surface area contributed by atoms with Gasteiger partial charge in [0.25, 0.3) is 0 Å². The number of hydrogen-bond acceptors (Lipinski definition) is 6. The Kier molecular flexibility index (Phi) is 2.78.